The molecule has 27 heavy (non-hydrogen) atoms. The molecule has 0 saturated carbocycles. The molecule has 0 saturated heterocycles. The van der Waals surface area contributed by atoms with E-state index in [4.69, 9.17) is 0 Å². The lowest BCUT2D eigenvalue weighted by Crippen LogP contribution is -2.40. The van der Waals surface area contributed by atoms with E-state index in [0.717, 1.165) is 50.9 Å². The van der Waals surface area contributed by atoms with E-state index >= 15 is 0 Å². The quantitative estimate of drug-likeness (QED) is 0.217. The smallest absolute Gasteiger partial charge is 0.191 e. The molecule has 1 aromatic rings. The number of guanidine groups is 1. The van der Waals surface area contributed by atoms with Crippen molar-refractivity contribution in [3.63, 3.8) is 0 Å². The van der Waals surface area contributed by atoms with Gasteiger partial charge in [0.25, 0.3) is 0 Å². The number of nitrogens with zero attached hydrogens (tertiary/aromatic N) is 2. The van der Waals surface area contributed by atoms with Crippen LogP contribution in [0.5, 0.6) is 0 Å². The Kier molecular flexibility index (Phi) is 11.9. The number of aliphatic hydroxyl groups is 1. The predicted octanol–water partition coefficient (Wildman–Crippen LogP) is 3.01. The first-order chi connectivity index (χ1) is 12.6. The summed E-state index contributed by atoms with van der Waals surface area (Å²) in [5, 5.41) is 17.0. The Hall–Kier alpha value is -0.860. The fourth-order valence-corrected chi connectivity index (χ4v) is 3.32. The highest BCUT2D eigenvalue weighted by Crippen LogP contribution is 2.18. The van der Waals surface area contributed by atoms with E-state index in [9.17, 15) is 5.11 Å². The van der Waals surface area contributed by atoms with Gasteiger partial charge in [0.05, 0.1) is 12.6 Å². The molecule has 1 heterocycles. The van der Waals surface area contributed by atoms with Gasteiger partial charge in [0.15, 0.2) is 5.96 Å². The first-order valence-corrected chi connectivity index (χ1v) is 10.1. The second-order valence-corrected chi connectivity index (χ2v) is 7.59. The van der Waals surface area contributed by atoms with Gasteiger partial charge in [-0.2, -0.15) is 0 Å². The van der Waals surface area contributed by atoms with Gasteiger partial charge in [-0.1, -0.05) is 38.1 Å². The summed E-state index contributed by atoms with van der Waals surface area (Å²) in [6, 6.07) is 8.60. The van der Waals surface area contributed by atoms with Crippen LogP contribution in [0.2, 0.25) is 0 Å². The third-order valence-electron chi connectivity index (χ3n) is 4.73. The number of hydrogen-bond donors (Lipinski definition) is 3. The number of rotatable bonds is 9. The van der Waals surface area contributed by atoms with Gasteiger partial charge in [0, 0.05) is 32.7 Å². The minimum atomic E-state index is -0.439. The number of benzene rings is 1. The summed E-state index contributed by atoms with van der Waals surface area (Å²) in [7, 11) is 0. The van der Waals surface area contributed by atoms with E-state index < -0.39 is 6.10 Å². The number of aliphatic imine (C=N–C) groups is 1. The van der Waals surface area contributed by atoms with Crippen molar-refractivity contribution < 1.29 is 5.11 Å². The Morgan fingerprint density at radius 3 is 2.67 bits per heavy atom. The number of nitrogens with one attached hydrogen (secondary N) is 2. The van der Waals surface area contributed by atoms with E-state index in [2.05, 4.69) is 65.6 Å². The molecule has 1 aromatic carbocycles. The molecular weight excluding hydrogens is 451 g/mol. The zero-order chi connectivity index (χ0) is 18.8. The summed E-state index contributed by atoms with van der Waals surface area (Å²) in [5.74, 6) is 1.53. The molecule has 0 bridgehead atoms. The minimum Gasteiger partial charge on any atom is -0.390 e. The Morgan fingerprint density at radius 1 is 1.22 bits per heavy atom. The summed E-state index contributed by atoms with van der Waals surface area (Å²) >= 11 is 0. The van der Waals surface area contributed by atoms with Crippen molar-refractivity contribution in [3.8, 4) is 0 Å². The van der Waals surface area contributed by atoms with Gasteiger partial charge in [-0.15, -0.1) is 24.0 Å². The first kappa shape index (κ1) is 24.2. The van der Waals surface area contributed by atoms with Gasteiger partial charge in [0.2, 0.25) is 0 Å². The van der Waals surface area contributed by atoms with Gasteiger partial charge in [0.1, 0.15) is 0 Å². The summed E-state index contributed by atoms with van der Waals surface area (Å²) in [4.78, 5) is 6.88. The fraction of sp³-hybridized carbons (Fsp3) is 0.667. The lowest BCUT2D eigenvalue weighted by molar-refractivity contribution is 0.111. The number of aliphatic hydroxyl groups excluding tert-OH is 1. The average Bonchev–Trinajstić information content (AvgIpc) is 2.63. The maximum Gasteiger partial charge on any atom is 0.191 e. The van der Waals surface area contributed by atoms with Gasteiger partial charge in [-0.25, -0.2) is 0 Å². The largest absolute Gasteiger partial charge is 0.390 e. The Bertz CT molecular complexity index is 565. The van der Waals surface area contributed by atoms with Crippen LogP contribution in [-0.4, -0.2) is 54.8 Å². The third-order valence-corrected chi connectivity index (χ3v) is 4.73. The Morgan fingerprint density at radius 2 is 1.96 bits per heavy atom. The molecule has 0 amide bonds. The molecule has 154 valence electrons. The maximum atomic E-state index is 10.4. The van der Waals surface area contributed by atoms with Crippen molar-refractivity contribution in [1.29, 1.82) is 0 Å². The number of fused-ring (bicyclic) bond motifs is 1. The lowest BCUT2D eigenvalue weighted by atomic mass is 10.00. The topological polar surface area (TPSA) is 59.9 Å². The molecule has 1 aliphatic heterocycles. The van der Waals surface area contributed by atoms with Crippen molar-refractivity contribution in [1.82, 2.24) is 15.5 Å². The standard InChI is InChI=1S/C21H36N4O.HI/c1-4-22-21(23-12-7-8-17(2)3)24-14-20(26)16-25-13-11-18-9-5-6-10-19(18)15-25;/h5-6,9-10,17,20,26H,4,7-8,11-16H2,1-3H3,(H2,22,23,24);1H. The van der Waals surface area contributed by atoms with Gasteiger partial charge < -0.3 is 15.7 Å². The second-order valence-electron chi connectivity index (χ2n) is 7.59. The maximum absolute atomic E-state index is 10.4. The molecule has 0 radical (unpaired) electrons. The normalized spacial score (nSPS) is 15.8. The zero-order valence-electron chi connectivity index (χ0n) is 17.1. The number of β-amino-alcohol motifs (C(OH)–C–C–N with tert-alkyl or cyclic N) is 1. The molecule has 1 unspecified atom stereocenters. The summed E-state index contributed by atoms with van der Waals surface area (Å²) in [6.07, 6.45) is 2.97. The van der Waals surface area contributed by atoms with Gasteiger partial charge in [-0.05, 0) is 43.2 Å². The summed E-state index contributed by atoms with van der Waals surface area (Å²) in [6.45, 7) is 11.3. The molecular formula is C21H37IN4O. The van der Waals surface area contributed by atoms with Crippen LogP contribution in [0.15, 0.2) is 29.3 Å². The van der Waals surface area contributed by atoms with E-state index in [0.29, 0.717) is 13.1 Å². The Labute approximate surface area is 182 Å². The molecule has 0 fully saturated rings. The van der Waals surface area contributed by atoms with Crippen molar-refractivity contribution in [2.24, 2.45) is 10.9 Å². The minimum absolute atomic E-state index is 0. The molecule has 3 N–H and O–H groups in total. The van der Waals surface area contributed by atoms with Crippen molar-refractivity contribution in [3.05, 3.63) is 35.4 Å². The van der Waals surface area contributed by atoms with E-state index in [1.165, 1.54) is 17.5 Å². The molecule has 5 nitrogen and oxygen atoms in total. The number of halogens is 1. The fourth-order valence-electron chi connectivity index (χ4n) is 3.32. The van der Waals surface area contributed by atoms with Gasteiger partial charge >= 0.3 is 0 Å². The third kappa shape index (κ3) is 9.25. The zero-order valence-corrected chi connectivity index (χ0v) is 19.4. The van der Waals surface area contributed by atoms with Crippen LogP contribution in [0.4, 0.5) is 0 Å². The summed E-state index contributed by atoms with van der Waals surface area (Å²) < 4.78 is 0. The first-order valence-electron chi connectivity index (χ1n) is 10.1. The molecule has 2 rings (SSSR count). The number of hydrogen-bond acceptors (Lipinski definition) is 3. The van der Waals surface area contributed by atoms with Crippen molar-refractivity contribution in [2.75, 3.05) is 32.7 Å². The SMILES string of the molecule is CCNC(=NCC(O)CN1CCc2ccccc2C1)NCCCC(C)C.I. The highest BCUT2D eigenvalue weighted by atomic mass is 127. The highest BCUT2D eigenvalue weighted by Gasteiger charge is 2.18. The summed E-state index contributed by atoms with van der Waals surface area (Å²) in [5.41, 5.74) is 2.82. The van der Waals surface area contributed by atoms with Crippen LogP contribution in [0, 0.1) is 5.92 Å². The highest BCUT2D eigenvalue weighted by molar-refractivity contribution is 14.0. The Balaban J connectivity index is 0.00000364. The second kappa shape index (κ2) is 13.3. The van der Waals surface area contributed by atoms with Crippen molar-refractivity contribution >= 4 is 29.9 Å². The molecule has 0 aliphatic carbocycles. The van der Waals surface area contributed by atoms with Crippen LogP contribution in [0.25, 0.3) is 0 Å². The lowest BCUT2D eigenvalue weighted by Gasteiger charge is -2.30. The molecule has 6 heteroatoms. The van der Waals surface area contributed by atoms with Crippen LogP contribution < -0.4 is 10.6 Å². The van der Waals surface area contributed by atoms with Gasteiger partial charge in [-0.3, -0.25) is 9.89 Å². The van der Waals surface area contributed by atoms with Crippen LogP contribution >= 0.6 is 24.0 Å². The molecule has 1 atom stereocenters. The van der Waals surface area contributed by atoms with Crippen LogP contribution in [0.1, 0.15) is 44.7 Å². The molecule has 0 aromatic heterocycles. The molecule has 1 aliphatic rings. The van der Waals surface area contributed by atoms with Crippen LogP contribution in [-0.2, 0) is 13.0 Å². The van der Waals surface area contributed by atoms with E-state index in [1.54, 1.807) is 0 Å². The average molecular weight is 488 g/mol. The monoisotopic (exact) mass is 488 g/mol. The van der Waals surface area contributed by atoms with Crippen molar-refractivity contribution in [2.45, 2.75) is 52.7 Å². The molecule has 0 spiro atoms. The predicted molar refractivity (Wildman–Crippen MR) is 125 cm³/mol. The van der Waals surface area contributed by atoms with E-state index in [-0.39, 0.29) is 24.0 Å². The van der Waals surface area contributed by atoms with E-state index in [1.807, 2.05) is 0 Å². The van der Waals surface area contributed by atoms with Crippen LogP contribution in [0.3, 0.4) is 0 Å².